The van der Waals surface area contributed by atoms with E-state index in [1.54, 1.807) is 0 Å². The summed E-state index contributed by atoms with van der Waals surface area (Å²) < 4.78 is 20.6. The third-order valence-corrected chi connectivity index (χ3v) is 2.07. The van der Waals surface area contributed by atoms with E-state index in [1.807, 2.05) is 0 Å². The van der Waals surface area contributed by atoms with E-state index in [9.17, 15) is 9.59 Å². The summed E-state index contributed by atoms with van der Waals surface area (Å²) in [4.78, 5) is 22.9. The molecule has 4 heteroatoms. The summed E-state index contributed by atoms with van der Waals surface area (Å²) >= 11 is 0. The molecule has 62 valence electrons. The van der Waals surface area contributed by atoms with E-state index in [2.05, 4.69) is 0 Å². The predicted molar refractivity (Wildman–Crippen MR) is 38.0 cm³/mol. The summed E-state index contributed by atoms with van der Waals surface area (Å²) in [6, 6.07) is 0. The molecule has 0 aromatic carbocycles. The molecule has 1 saturated carbocycles. The maximum absolute atomic E-state index is 11.3. The number of hydrogen-bond acceptors (Lipinski definition) is 2. The van der Waals surface area contributed by atoms with Crippen LogP contribution in [0.5, 0.6) is 0 Å². The lowest BCUT2D eigenvalue weighted by Crippen LogP contribution is -2.43. The molecule has 0 unspecified atom stereocenters. The van der Waals surface area contributed by atoms with Crippen LogP contribution in [-0.4, -0.2) is 34.5 Å². The topological polar surface area (TPSA) is 57.6 Å². The zero-order valence-electron chi connectivity index (χ0n) is 9.13. The van der Waals surface area contributed by atoms with Crippen molar-refractivity contribution in [2.24, 2.45) is 0 Å². The monoisotopic (exact) mass is 160 g/mol. The zero-order valence-corrected chi connectivity index (χ0v) is 6.13. The van der Waals surface area contributed by atoms with Crippen LogP contribution in [0.1, 0.15) is 23.8 Å². The third kappa shape index (κ3) is 1.08. The van der Waals surface area contributed by atoms with Gasteiger partial charge >= 0.3 is 5.97 Å². The van der Waals surface area contributed by atoms with Crippen LogP contribution >= 0.6 is 0 Å². The van der Waals surface area contributed by atoms with Crippen molar-refractivity contribution in [2.45, 2.75) is 25.2 Å². The molecular weight excluding hydrogens is 146 g/mol. The first kappa shape index (κ1) is 4.74. The second-order valence-corrected chi connectivity index (χ2v) is 2.70. The number of rotatable bonds is 2. The van der Waals surface area contributed by atoms with E-state index in [0.29, 0.717) is 12.8 Å². The van der Waals surface area contributed by atoms with Crippen molar-refractivity contribution in [3.05, 3.63) is 0 Å². The van der Waals surface area contributed by atoms with Gasteiger partial charge in [0.15, 0.2) is 0 Å². The molecule has 0 heterocycles. The summed E-state index contributed by atoms with van der Waals surface area (Å²) in [5, 5.41) is 8.81. The Hall–Kier alpha value is -1.06. The van der Waals surface area contributed by atoms with Crippen molar-refractivity contribution in [3.8, 4) is 0 Å². The Morgan fingerprint density at radius 1 is 1.64 bits per heavy atom. The number of aliphatic carboxylic acids is 1. The zero-order chi connectivity index (χ0) is 11.1. The molecule has 0 bridgehead atoms. The fourth-order valence-corrected chi connectivity index (χ4v) is 1.01. The van der Waals surface area contributed by atoms with Crippen molar-refractivity contribution in [1.29, 1.82) is 0 Å². The summed E-state index contributed by atoms with van der Waals surface area (Å²) in [6.07, 6.45) is 0.640. The Morgan fingerprint density at radius 2 is 2.18 bits per heavy atom. The number of nitrogens with zero attached hydrogens (tertiary/aromatic N) is 1. The summed E-state index contributed by atoms with van der Waals surface area (Å²) in [7, 11) is 1.22. The van der Waals surface area contributed by atoms with Crippen molar-refractivity contribution < 1.29 is 18.8 Å². The Balaban J connectivity index is 2.81. The van der Waals surface area contributed by atoms with Crippen LogP contribution in [0.25, 0.3) is 0 Å². The largest absolute Gasteiger partial charge is 0.479 e. The third-order valence-electron chi connectivity index (χ3n) is 2.07. The van der Waals surface area contributed by atoms with E-state index in [0.717, 1.165) is 4.90 Å². The first-order valence-electron chi connectivity index (χ1n) is 4.73. The molecule has 4 nitrogen and oxygen atoms in total. The van der Waals surface area contributed by atoms with Crippen LogP contribution in [0.15, 0.2) is 0 Å². The van der Waals surface area contributed by atoms with Gasteiger partial charge in [0.2, 0.25) is 5.91 Å². The second-order valence-electron chi connectivity index (χ2n) is 2.70. The summed E-state index contributed by atoms with van der Waals surface area (Å²) in [5.74, 6) is -2.25. The average molecular weight is 160 g/mol. The van der Waals surface area contributed by atoms with Gasteiger partial charge < -0.3 is 10.0 Å². The minimum absolute atomic E-state index is 0.320. The lowest BCUT2D eigenvalue weighted by molar-refractivity contribution is -0.150. The SMILES string of the molecule is [2H]C([2H])([2H])C(=O)N(C)C1(C(=O)O)CC1. The molecule has 1 aliphatic carbocycles. The minimum atomic E-state index is -2.76. The molecule has 1 N–H and O–H groups in total. The Labute approximate surface area is 69.0 Å². The number of likely N-dealkylation sites (N-methyl/N-ethyl adjacent to an activating group) is 1. The molecule has 1 aliphatic rings. The van der Waals surface area contributed by atoms with Gasteiger partial charge in [0, 0.05) is 18.0 Å². The van der Waals surface area contributed by atoms with Crippen molar-refractivity contribution >= 4 is 11.9 Å². The first-order valence-corrected chi connectivity index (χ1v) is 3.23. The van der Waals surface area contributed by atoms with E-state index in [-0.39, 0.29) is 0 Å². The normalized spacial score (nSPS) is 24.3. The van der Waals surface area contributed by atoms with Crippen molar-refractivity contribution in [1.82, 2.24) is 4.90 Å². The van der Waals surface area contributed by atoms with Crippen LogP contribution in [0.3, 0.4) is 0 Å². The lowest BCUT2D eigenvalue weighted by Gasteiger charge is -2.22. The van der Waals surface area contributed by atoms with Gasteiger partial charge in [-0.1, -0.05) is 0 Å². The highest BCUT2D eigenvalue weighted by Crippen LogP contribution is 2.40. The van der Waals surface area contributed by atoms with Gasteiger partial charge in [-0.3, -0.25) is 4.79 Å². The number of carbonyl (C=O) groups is 2. The molecule has 0 radical (unpaired) electrons. The van der Waals surface area contributed by atoms with E-state index < -0.39 is 24.3 Å². The van der Waals surface area contributed by atoms with Crippen molar-refractivity contribution in [3.63, 3.8) is 0 Å². The van der Waals surface area contributed by atoms with Gasteiger partial charge in [-0.2, -0.15) is 0 Å². The minimum Gasteiger partial charge on any atom is -0.479 e. The van der Waals surface area contributed by atoms with E-state index in [1.165, 1.54) is 7.05 Å². The van der Waals surface area contributed by atoms with Gasteiger partial charge in [-0.25, -0.2) is 4.79 Å². The van der Waals surface area contributed by atoms with Gasteiger partial charge in [0.05, 0.1) is 0 Å². The number of amides is 1. The number of carbonyl (C=O) groups excluding carboxylic acids is 1. The molecule has 0 spiro atoms. The molecule has 0 aliphatic heterocycles. The van der Waals surface area contributed by atoms with Crippen LogP contribution < -0.4 is 0 Å². The molecule has 1 fully saturated rings. The molecular formula is C7H11NO3. The standard InChI is InChI=1S/C7H11NO3/c1-5(9)8(2)7(3-4-7)6(10)11/h3-4H2,1-2H3,(H,10,11)/i1D3. The number of hydrogen-bond donors (Lipinski definition) is 1. The highest BCUT2D eigenvalue weighted by Gasteiger charge is 2.54. The lowest BCUT2D eigenvalue weighted by atomic mass is 10.2. The second kappa shape index (κ2) is 2.22. The van der Waals surface area contributed by atoms with Crippen LogP contribution in [-0.2, 0) is 9.59 Å². The van der Waals surface area contributed by atoms with Gasteiger partial charge in [0.1, 0.15) is 5.54 Å². The van der Waals surface area contributed by atoms with Gasteiger partial charge in [0.25, 0.3) is 0 Å². The number of carboxylic acid groups (broad SMARTS) is 1. The maximum Gasteiger partial charge on any atom is 0.329 e. The quantitative estimate of drug-likeness (QED) is 0.622. The summed E-state index contributed by atoms with van der Waals surface area (Å²) in [6.45, 7) is -2.76. The predicted octanol–water partition coefficient (Wildman–Crippen LogP) is 0.0819. The Bertz CT molecular complexity index is 282. The molecule has 1 rings (SSSR count). The van der Waals surface area contributed by atoms with Crippen molar-refractivity contribution in [2.75, 3.05) is 7.05 Å². The fourth-order valence-electron chi connectivity index (χ4n) is 1.01. The molecule has 0 aromatic heterocycles. The highest BCUT2D eigenvalue weighted by molar-refractivity contribution is 5.88. The average Bonchev–Trinajstić information content (AvgIpc) is 2.79. The van der Waals surface area contributed by atoms with E-state index in [4.69, 9.17) is 9.22 Å². The van der Waals surface area contributed by atoms with Crippen LogP contribution in [0, 0.1) is 0 Å². The van der Waals surface area contributed by atoms with Gasteiger partial charge in [-0.05, 0) is 12.8 Å². The van der Waals surface area contributed by atoms with Crippen LogP contribution in [0.4, 0.5) is 0 Å². The summed E-state index contributed by atoms with van der Waals surface area (Å²) in [5.41, 5.74) is -1.27. The fraction of sp³-hybridized carbons (Fsp3) is 0.714. The van der Waals surface area contributed by atoms with Crippen LogP contribution in [0.2, 0.25) is 0 Å². The maximum atomic E-state index is 11.3. The number of carboxylic acids is 1. The molecule has 0 aromatic rings. The molecule has 11 heavy (non-hydrogen) atoms. The first-order chi connectivity index (χ1) is 6.22. The highest BCUT2D eigenvalue weighted by atomic mass is 16.4. The molecule has 1 amide bonds. The smallest absolute Gasteiger partial charge is 0.329 e. The Kier molecular flexibility index (Phi) is 0.957. The Morgan fingerprint density at radius 3 is 2.45 bits per heavy atom. The molecule has 0 atom stereocenters. The van der Waals surface area contributed by atoms with E-state index >= 15 is 0 Å². The van der Waals surface area contributed by atoms with Gasteiger partial charge in [-0.15, -0.1) is 0 Å². The molecule has 0 saturated heterocycles.